The Hall–Kier alpha value is -1.06. The second kappa shape index (κ2) is 5.38. The Bertz CT molecular complexity index is 369. The molecule has 0 aromatic rings. The standard InChI is InChI=1S/C10H12F7NO2/c11-8(12,9(13,14)10(15,16)17)7(20)18-5-3-1-2-4-6(5)19/h5-6,19H,1-4H2,(H,18,20)/t5-,6-/m1/s1. The predicted octanol–water partition coefficient (Wildman–Crippen LogP) is 2.24. The third kappa shape index (κ3) is 2.99. The summed E-state index contributed by atoms with van der Waals surface area (Å²) in [5.41, 5.74) is 0. The van der Waals surface area contributed by atoms with Crippen LogP contribution in [0.1, 0.15) is 25.7 Å². The fourth-order valence-corrected chi connectivity index (χ4v) is 1.86. The molecule has 10 heteroatoms. The molecule has 0 radical (unpaired) electrons. The van der Waals surface area contributed by atoms with Crippen molar-refractivity contribution < 1.29 is 40.6 Å². The lowest BCUT2D eigenvalue weighted by Crippen LogP contribution is -2.61. The summed E-state index contributed by atoms with van der Waals surface area (Å²) in [4.78, 5) is 11.0. The molecule has 0 heterocycles. The Morgan fingerprint density at radius 3 is 1.95 bits per heavy atom. The molecule has 1 aliphatic carbocycles. The van der Waals surface area contributed by atoms with E-state index in [0.717, 1.165) is 0 Å². The molecule has 20 heavy (non-hydrogen) atoms. The van der Waals surface area contributed by atoms with E-state index in [0.29, 0.717) is 12.8 Å². The molecule has 0 spiro atoms. The maximum absolute atomic E-state index is 13.0. The zero-order chi connectivity index (χ0) is 15.8. The Balaban J connectivity index is 2.84. The normalized spacial score (nSPS) is 25.4. The van der Waals surface area contributed by atoms with Gasteiger partial charge in [0.1, 0.15) is 0 Å². The van der Waals surface area contributed by atoms with E-state index in [-0.39, 0.29) is 12.8 Å². The van der Waals surface area contributed by atoms with Gasteiger partial charge in [-0.25, -0.2) is 0 Å². The highest BCUT2D eigenvalue weighted by Crippen LogP contribution is 2.46. The SMILES string of the molecule is O=C(N[C@@H]1CCCC[C@H]1O)C(F)(F)C(F)(F)C(F)(F)F. The average Bonchev–Trinajstić information content (AvgIpc) is 2.30. The van der Waals surface area contributed by atoms with Crippen LogP contribution in [-0.2, 0) is 4.79 Å². The first-order chi connectivity index (χ1) is 8.91. The second-order valence-corrected chi connectivity index (χ2v) is 4.58. The van der Waals surface area contributed by atoms with Gasteiger partial charge >= 0.3 is 18.0 Å². The summed E-state index contributed by atoms with van der Waals surface area (Å²) >= 11 is 0. The van der Waals surface area contributed by atoms with Crippen molar-refractivity contribution >= 4 is 5.91 Å². The first kappa shape index (κ1) is 17.0. The molecule has 1 aliphatic rings. The minimum atomic E-state index is -6.56. The van der Waals surface area contributed by atoms with Gasteiger partial charge < -0.3 is 10.4 Å². The van der Waals surface area contributed by atoms with Crippen LogP contribution >= 0.6 is 0 Å². The first-order valence-corrected chi connectivity index (χ1v) is 5.72. The molecule has 0 aromatic carbocycles. The molecule has 1 amide bonds. The summed E-state index contributed by atoms with van der Waals surface area (Å²) in [6.45, 7) is 0. The van der Waals surface area contributed by atoms with Gasteiger partial charge in [-0.3, -0.25) is 4.79 Å². The zero-order valence-corrected chi connectivity index (χ0v) is 9.98. The van der Waals surface area contributed by atoms with Gasteiger partial charge in [-0.2, -0.15) is 30.7 Å². The molecular weight excluding hydrogens is 299 g/mol. The summed E-state index contributed by atoms with van der Waals surface area (Å²) in [5.74, 6) is -15.2. The second-order valence-electron chi connectivity index (χ2n) is 4.58. The molecule has 0 bridgehead atoms. The van der Waals surface area contributed by atoms with Crippen molar-refractivity contribution in [3.05, 3.63) is 0 Å². The van der Waals surface area contributed by atoms with Crippen LogP contribution in [0.25, 0.3) is 0 Å². The molecular formula is C10H12F7NO2. The number of rotatable bonds is 3. The number of carbonyl (C=O) groups is 1. The van der Waals surface area contributed by atoms with Crippen LogP contribution in [0.15, 0.2) is 0 Å². The summed E-state index contributed by atoms with van der Waals surface area (Å²) in [5, 5.41) is 10.7. The molecule has 118 valence electrons. The summed E-state index contributed by atoms with van der Waals surface area (Å²) in [6.07, 6.45) is -6.65. The number of aliphatic hydroxyl groups is 1. The maximum Gasteiger partial charge on any atom is 0.460 e. The van der Waals surface area contributed by atoms with Crippen molar-refractivity contribution in [2.75, 3.05) is 0 Å². The van der Waals surface area contributed by atoms with Gasteiger partial charge in [0.25, 0.3) is 5.91 Å². The van der Waals surface area contributed by atoms with Crippen molar-refractivity contribution in [1.82, 2.24) is 5.32 Å². The van der Waals surface area contributed by atoms with E-state index in [1.807, 2.05) is 0 Å². The van der Waals surface area contributed by atoms with Gasteiger partial charge in [0.15, 0.2) is 0 Å². The molecule has 0 aliphatic heterocycles. The van der Waals surface area contributed by atoms with Crippen LogP contribution in [-0.4, -0.2) is 41.2 Å². The first-order valence-electron chi connectivity index (χ1n) is 5.72. The van der Waals surface area contributed by atoms with Gasteiger partial charge in [0.05, 0.1) is 12.1 Å². The minimum Gasteiger partial charge on any atom is -0.391 e. The van der Waals surface area contributed by atoms with E-state index in [4.69, 9.17) is 0 Å². The lowest BCUT2D eigenvalue weighted by atomic mass is 9.92. The molecule has 0 unspecified atom stereocenters. The topological polar surface area (TPSA) is 49.3 Å². The van der Waals surface area contributed by atoms with Crippen LogP contribution in [0.3, 0.4) is 0 Å². The number of hydrogen-bond donors (Lipinski definition) is 2. The number of nitrogens with one attached hydrogen (secondary N) is 1. The Kier molecular flexibility index (Phi) is 4.57. The number of amides is 1. The highest BCUT2D eigenvalue weighted by molar-refractivity contribution is 5.85. The fraction of sp³-hybridized carbons (Fsp3) is 0.900. The van der Waals surface area contributed by atoms with Crippen LogP contribution in [0.5, 0.6) is 0 Å². The third-order valence-electron chi connectivity index (χ3n) is 3.08. The molecule has 2 N–H and O–H groups in total. The van der Waals surface area contributed by atoms with Crippen molar-refractivity contribution in [3.8, 4) is 0 Å². The van der Waals surface area contributed by atoms with Gasteiger partial charge in [-0.05, 0) is 12.8 Å². The van der Waals surface area contributed by atoms with Crippen LogP contribution < -0.4 is 5.32 Å². The summed E-state index contributed by atoms with van der Waals surface area (Å²) in [7, 11) is 0. The highest BCUT2D eigenvalue weighted by Gasteiger charge is 2.76. The smallest absolute Gasteiger partial charge is 0.391 e. The lowest BCUT2D eigenvalue weighted by Gasteiger charge is -2.32. The van der Waals surface area contributed by atoms with E-state index in [1.165, 1.54) is 5.32 Å². The molecule has 3 nitrogen and oxygen atoms in total. The van der Waals surface area contributed by atoms with Crippen molar-refractivity contribution in [3.63, 3.8) is 0 Å². The molecule has 0 aromatic heterocycles. The number of halogens is 7. The fourth-order valence-electron chi connectivity index (χ4n) is 1.86. The van der Waals surface area contributed by atoms with Crippen molar-refractivity contribution in [2.24, 2.45) is 0 Å². The largest absolute Gasteiger partial charge is 0.460 e. The Labute approximate surface area is 109 Å². The summed E-state index contributed by atoms with van der Waals surface area (Å²) < 4.78 is 86.9. The number of carbonyl (C=O) groups excluding carboxylic acids is 1. The minimum absolute atomic E-state index is 0.0283. The number of alkyl halides is 7. The van der Waals surface area contributed by atoms with Crippen LogP contribution in [0.4, 0.5) is 30.7 Å². The Morgan fingerprint density at radius 2 is 1.50 bits per heavy atom. The van der Waals surface area contributed by atoms with E-state index in [1.54, 1.807) is 0 Å². The number of aliphatic hydroxyl groups excluding tert-OH is 1. The van der Waals surface area contributed by atoms with Crippen LogP contribution in [0, 0.1) is 0 Å². The lowest BCUT2D eigenvalue weighted by molar-refractivity contribution is -0.344. The zero-order valence-electron chi connectivity index (χ0n) is 9.98. The highest BCUT2D eigenvalue weighted by atomic mass is 19.4. The van der Waals surface area contributed by atoms with Gasteiger partial charge in [0.2, 0.25) is 0 Å². The van der Waals surface area contributed by atoms with E-state index < -0.39 is 36.1 Å². The van der Waals surface area contributed by atoms with Crippen LogP contribution in [0.2, 0.25) is 0 Å². The Morgan fingerprint density at radius 1 is 1.00 bits per heavy atom. The average molecular weight is 311 g/mol. The van der Waals surface area contributed by atoms with E-state index >= 15 is 0 Å². The predicted molar refractivity (Wildman–Crippen MR) is 52.4 cm³/mol. The molecule has 1 rings (SSSR count). The molecule has 1 saturated carbocycles. The van der Waals surface area contributed by atoms with Crippen molar-refractivity contribution in [2.45, 2.75) is 55.9 Å². The quantitative estimate of drug-likeness (QED) is 0.785. The summed E-state index contributed by atoms with van der Waals surface area (Å²) in [6, 6.07) is -1.26. The molecule has 0 saturated heterocycles. The van der Waals surface area contributed by atoms with Gasteiger partial charge in [0, 0.05) is 0 Å². The van der Waals surface area contributed by atoms with E-state index in [2.05, 4.69) is 0 Å². The molecule has 2 atom stereocenters. The monoisotopic (exact) mass is 311 g/mol. The molecule has 1 fully saturated rings. The maximum atomic E-state index is 13.0. The van der Waals surface area contributed by atoms with Crippen molar-refractivity contribution in [1.29, 1.82) is 0 Å². The van der Waals surface area contributed by atoms with Gasteiger partial charge in [-0.15, -0.1) is 0 Å². The third-order valence-corrected chi connectivity index (χ3v) is 3.08. The number of hydrogen-bond acceptors (Lipinski definition) is 2. The van der Waals surface area contributed by atoms with E-state index in [9.17, 15) is 40.6 Å². The van der Waals surface area contributed by atoms with Gasteiger partial charge in [-0.1, -0.05) is 12.8 Å².